The molecule has 2 aromatic rings. The van der Waals surface area contributed by atoms with Gasteiger partial charge in [-0.3, -0.25) is 4.79 Å². The van der Waals surface area contributed by atoms with Crippen LogP contribution >= 0.6 is 11.3 Å². The quantitative estimate of drug-likeness (QED) is 0.569. The average Bonchev–Trinajstić information content (AvgIpc) is 2.61. The zero-order valence-electron chi connectivity index (χ0n) is 5.90. The molecule has 4 nitrogen and oxygen atoms in total. The maximum absolute atomic E-state index is 10.4. The topological polar surface area (TPSA) is 62.3 Å². The van der Waals surface area contributed by atoms with Crippen LogP contribution in [0.25, 0.3) is 10.2 Å². The molecule has 0 aromatic carbocycles. The van der Waals surface area contributed by atoms with Crippen LogP contribution in [0.15, 0.2) is 16.6 Å². The molecule has 12 heavy (non-hydrogen) atoms. The zero-order valence-corrected chi connectivity index (χ0v) is 6.72. The second-order valence-electron chi connectivity index (χ2n) is 2.26. The van der Waals surface area contributed by atoms with Crippen LogP contribution < -0.4 is 0 Å². The molecule has 0 bridgehead atoms. The van der Waals surface area contributed by atoms with Gasteiger partial charge >= 0.3 is 0 Å². The van der Waals surface area contributed by atoms with Gasteiger partial charge in [-0.25, -0.2) is 0 Å². The molecule has 0 unspecified atom stereocenters. The largest absolute Gasteiger partial charge is 0.350 e. The van der Waals surface area contributed by atoms with Crippen LogP contribution in [0.4, 0.5) is 5.69 Å². The summed E-state index contributed by atoms with van der Waals surface area (Å²) in [4.78, 5) is 23.6. The molecule has 0 aliphatic rings. The lowest BCUT2D eigenvalue weighted by Gasteiger charge is -1.81. The number of fused-ring (bicyclic) bond motifs is 1. The standard InChI is InChI=1S/C7H4N2O2S/c10-3-5-6(9-11)7-4(8-5)1-2-12-7/h1-3,8H. The fraction of sp³-hybridized carbons (Fsp3) is 0. The Labute approximate surface area is 71.2 Å². The summed E-state index contributed by atoms with van der Waals surface area (Å²) < 4.78 is 0.743. The lowest BCUT2D eigenvalue weighted by molar-refractivity contribution is 0.112. The summed E-state index contributed by atoms with van der Waals surface area (Å²) in [5.41, 5.74) is 1.26. The summed E-state index contributed by atoms with van der Waals surface area (Å²) in [6, 6.07) is 1.81. The Morgan fingerprint density at radius 3 is 3.08 bits per heavy atom. The molecule has 0 aliphatic heterocycles. The highest BCUT2D eigenvalue weighted by Gasteiger charge is 2.11. The van der Waals surface area contributed by atoms with Crippen LogP contribution in [-0.2, 0) is 0 Å². The van der Waals surface area contributed by atoms with Crippen molar-refractivity contribution in [3.05, 3.63) is 22.0 Å². The van der Waals surface area contributed by atoms with Crippen molar-refractivity contribution in [1.82, 2.24) is 4.98 Å². The lowest BCUT2D eigenvalue weighted by atomic mass is 10.4. The minimum atomic E-state index is 0.218. The number of aromatic nitrogens is 1. The summed E-state index contributed by atoms with van der Waals surface area (Å²) in [5, 5.41) is 4.64. The lowest BCUT2D eigenvalue weighted by Crippen LogP contribution is -1.76. The smallest absolute Gasteiger partial charge is 0.168 e. The van der Waals surface area contributed by atoms with E-state index in [1.54, 1.807) is 0 Å². The number of nitroso groups, excluding NO2 is 1. The third-order valence-electron chi connectivity index (χ3n) is 1.61. The first-order valence-electron chi connectivity index (χ1n) is 3.24. The highest BCUT2D eigenvalue weighted by atomic mass is 32.1. The molecular weight excluding hydrogens is 176 g/mol. The number of hydrogen-bond acceptors (Lipinski definition) is 4. The van der Waals surface area contributed by atoms with E-state index in [1.807, 2.05) is 11.4 Å². The SMILES string of the molecule is O=Cc1[nH]c2ccsc2c1N=O. The van der Waals surface area contributed by atoms with Crippen molar-refractivity contribution >= 4 is 33.5 Å². The first-order chi connectivity index (χ1) is 5.86. The number of rotatable bonds is 2. The van der Waals surface area contributed by atoms with Crippen molar-refractivity contribution in [2.75, 3.05) is 0 Å². The maximum atomic E-state index is 10.4. The highest BCUT2D eigenvalue weighted by Crippen LogP contribution is 2.33. The van der Waals surface area contributed by atoms with E-state index in [4.69, 9.17) is 0 Å². The number of aldehydes is 1. The van der Waals surface area contributed by atoms with Gasteiger partial charge in [0.2, 0.25) is 0 Å². The minimum absolute atomic E-state index is 0.218. The van der Waals surface area contributed by atoms with Crippen LogP contribution in [-0.4, -0.2) is 11.3 Å². The van der Waals surface area contributed by atoms with Crippen molar-refractivity contribution in [3.63, 3.8) is 0 Å². The molecule has 1 N–H and O–H groups in total. The van der Waals surface area contributed by atoms with Gasteiger partial charge in [0.15, 0.2) is 12.0 Å². The van der Waals surface area contributed by atoms with E-state index in [1.165, 1.54) is 11.3 Å². The van der Waals surface area contributed by atoms with Crippen molar-refractivity contribution in [2.24, 2.45) is 5.18 Å². The summed E-state index contributed by atoms with van der Waals surface area (Å²) >= 11 is 1.39. The number of carbonyl (C=O) groups is 1. The van der Waals surface area contributed by atoms with E-state index < -0.39 is 0 Å². The number of carbonyl (C=O) groups excluding carboxylic acids is 1. The van der Waals surface area contributed by atoms with Gasteiger partial charge < -0.3 is 4.98 Å². The van der Waals surface area contributed by atoms with E-state index in [0.717, 1.165) is 10.2 Å². The molecule has 0 fully saturated rings. The van der Waals surface area contributed by atoms with Gasteiger partial charge in [-0.2, -0.15) is 0 Å². The second-order valence-corrected chi connectivity index (χ2v) is 3.18. The van der Waals surface area contributed by atoms with E-state index >= 15 is 0 Å². The van der Waals surface area contributed by atoms with Gasteiger partial charge in [0.05, 0.1) is 10.2 Å². The number of nitrogens with one attached hydrogen (secondary N) is 1. The Hall–Kier alpha value is -1.49. The first kappa shape index (κ1) is 7.17. The van der Waals surface area contributed by atoms with Gasteiger partial charge in [0, 0.05) is 0 Å². The van der Waals surface area contributed by atoms with Crippen LogP contribution in [0.1, 0.15) is 10.5 Å². The van der Waals surface area contributed by atoms with E-state index in [2.05, 4.69) is 10.2 Å². The summed E-state index contributed by atoms with van der Waals surface area (Å²) in [5.74, 6) is 0. The number of H-pyrrole nitrogens is 1. The molecule has 0 spiro atoms. The second kappa shape index (κ2) is 2.53. The number of thiophene rings is 1. The number of aromatic amines is 1. The Balaban J connectivity index is 2.86. The minimum Gasteiger partial charge on any atom is -0.350 e. The van der Waals surface area contributed by atoms with E-state index in [9.17, 15) is 9.70 Å². The summed E-state index contributed by atoms with van der Waals surface area (Å²) in [6.45, 7) is 0. The fourth-order valence-corrected chi connectivity index (χ4v) is 1.94. The van der Waals surface area contributed by atoms with Crippen molar-refractivity contribution in [3.8, 4) is 0 Å². The van der Waals surface area contributed by atoms with E-state index in [0.29, 0.717) is 6.29 Å². The molecule has 2 rings (SSSR count). The fourth-order valence-electron chi connectivity index (χ4n) is 1.09. The predicted octanol–water partition coefficient (Wildman–Crippen LogP) is 2.44. The molecule has 2 aromatic heterocycles. The van der Waals surface area contributed by atoms with Gasteiger partial charge in [0.25, 0.3) is 0 Å². The van der Waals surface area contributed by atoms with Crippen LogP contribution in [0.5, 0.6) is 0 Å². The maximum Gasteiger partial charge on any atom is 0.168 e. The van der Waals surface area contributed by atoms with Gasteiger partial charge in [0.1, 0.15) is 5.69 Å². The monoisotopic (exact) mass is 180 g/mol. The Morgan fingerprint density at radius 2 is 2.42 bits per heavy atom. The number of hydrogen-bond donors (Lipinski definition) is 1. The summed E-state index contributed by atoms with van der Waals surface area (Å²) in [6.07, 6.45) is 0.601. The third kappa shape index (κ3) is 0.799. The average molecular weight is 180 g/mol. The van der Waals surface area contributed by atoms with Crippen molar-refractivity contribution in [2.45, 2.75) is 0 Å². The molecule has 0 saturated heterocycles. The Kier molecular flexibility index (Phi) is 1.51. The summed E-state index contributed by atoms with van der Waals surface area (Å²) in [7, 11) is 0. The zero-order chi connectivity index (χ0) is 8.55. The molecule has 0 aliphatic carbocycles. The molecular formula is C7H4N2O2S. The molecule has 60 valence electrons. The predicted molar refractivity (Wildman–Crippen MR) is 47.0 cm³/mol. The van der Waals surface area contributed by atoms with E-state index in [-0.39, 0.29) is 11.4 Å². The van der Waals surface area contributed by atoms with Crippen LogP contribution in [0.2, 0.25) is 0 Å². The molecule has 0 saturated carbocycles. The normalized spacial score (nSPS) is 10.3. The first-order valence-corrected chi connectivity index (χ1v) is 4.12. The molecule has 2 heterocycles. The van der Waals surface area contributed by atoms with Gasteiger partial charge in [-0.15, -0.1) is 16.2 Å². The molecule has 0 atom stereocenters. The third-order valence-corrected chi connectivity index (χ3v) is 2.54. The number of nitrogens with zero attached hydrogens (tertiary/aromatic N) is 1. The molecule has 0 radical (unpaired) electrons. The van der Waals surface area contributed by atoms with Crippen molar-refractivity contribution in [1.29, 1.82) is 0 Å². The van der Waals surface area contributed by atoms with Crippen LogP contribution in [0, 0.1) is 4.91 Å². The van der Waals surface area contributed by atoms with Gasteiger partial charge in [-0.05, 0) is 16.6 Å². The highest BCUT2D eigenvalue weighted by molar-refractivity contribution is 7.17. The molecule has 5 heteroatoms. The van der Waals surface area contributed by atoms with Crippen molar-refractivity contribution < 1.29 is 4.79 Å². The Morgan fingerprint density at radius 1 is 1.58 bits per heavy atom. The molecule has 0 amide bonds. The Bertz CT molecular complexity index is 443. The van der Waals surface area contributed by atoms with Gasteiger partial charge in [-0.1, -0.05) is 0 Å². The van der Waals surface area contributed by atoms with Crippen LogP contribution in [0.3, 0.4) is 0 Å².